The van der Waals surface area contributed by atoms with E-state index in [1.165, 1.54) is 161 Å². The number of carbonyl (C=O) groups excluding carboxylic acids is 5. The fourth-order valence-electron chi connectivity index (χ4n) is 9.22. The first-order valence-corrected chi connectivity index (χ1v) is 43.0. The van der Waals surface area contributed by atoms with E-state index in [1.807, 2.05) is 79.4 Å². The predicted molar refractivity (Wildman–Crippen MR) is 468 cm³/mol. The molecule has 0 amide bonds. The Kier molecular flexibility index (Phi) is 152. The Labute approximate surface area is 681 Å². The second-order valence-corrected chi connectivity index (χ2v) is 26.8. The molecule has 0 aliphatic heterocycles. The van der Waals surface area contributed by atoms with Gasteiger partial charge in [0, 0.05) is 46.4 Å². The van der Waals surface area contributed by atoms with Crippen LogP contribution in [0.2, 0.25) is 0 Å². The number of nitrogens with zero attached hydrogens (tertiary/aromatic N) is 2. The highest BCUT2D eigenvalue weighted by atomic mass is 31.2. The van der Waals surface area contributed by atoms with Gasteiger partial charge >= 0.3 is 47.1 Å². The average molecular weight is 1620 g/mol. The topological polar surface area (TPSA) is 282 Å². The summed E-state index contributed by atoms with van der Waals surface area (Å²) in [4.78, 5) is 96.2. The van der Waals surface area contributed by atoms with E-state index in [0.29, 0.717) is 39.1 Å². The summed E-state index contributed by atoms with van der Waals surface area (Å²) in [5.41, 5.74) is 0. The third-order valence-electron chi connectivity index (χ3n) is 14.7. The molecule has 0 fully saturated rings. The van der Waals surface area contributed by atoms with Gasteiger partial charge in [-0.15, -0.1) is 65.8 Å². The maximum Gasteiger partial charge on any atom is 0.360 e. The molecule has 0 spiro atoms. The van der Waals surface area contributed by atoms with Crippen LogP contribution in [0, 0.1) is 11.8 Å². The zero-order valence-electron chi connectivity index (χ0n) is 72.4. The number of rotatable bonds is 63. The Morgan fingerprint density at radius 1 is 0.445 bits per heavy atom. The van der Waals surface area contributed by atoms with Crippen molar-refractivity contribution in [1.82, 2.24) is 9.80 Å². The molecular formula is C86H180N2O20P2. The highest BCUT2D eigenvalue weighted by Gasteiger charge is 2.26. The maximum atomic E-state index is 12.8. The first-order chi connectivity index (χ1) is 52.1. The number of ether oxygens (including phenoxy) is 5. The molecular weight excluding hydrogens is 1440 g/mol. The number of unbranched alkanes of at least 4 members (excludes halogenated alkanes) is 29. The van der Waals surface area contributed by atoms with Gasteiger partial charge in [0.1, 0.15) is 19.3 Å². The van der Waals surface area contributed by atoms with Crippen molar-refractivity contribution in [3.8, 4) is 0 Å². The lowest BCUT2D eigenvalue weighted by atomic mass is 9.98. The quantitative estimate of drug-likeness (QED) is 0.00507. The Bertz CT molecular complexity index is 1760. The fraction of sp³-hybridized carbons (Fsp3) is 0.814. The van der Waals surface area contributed by atoms with Crippen LogP contribution < -0.4 is 0 Å². The smallest absolute Gasteiger partial charge is 0.360 e. The van der Waals surface area contributed by atoms with E-state index in [-0.39, 0.29) is 77.6 Å². The molecule has 0 aromatic carbocycles. The van der Waals surface area contributed by atoms with E-state index in [1.54, 1.807) is 13.8 Å². The summed E-state index contributed by atoms with van der Waals surface area (Å²) < 4.78 is 45.6. The molecule has 0 saturated heterocycles. The van der Waals surface area contributed by atoms with E-state index in [2.05, 4.69) is 88.9 Å². The third-order valence-corrected chi connectivity index (χ3v) is 16.0. The van der Waals surface area contributed by atoms with Crippen LogP contribution in [-0.4, -0.2) is 166 Å². The van der Waals surface area contributed by atoms with Crippen LogP contribution in [0.1, 0.15) is 348 Å². The summed E-state index contributed by atoms with van der Waals surface area (Å²) >= 11 is 0. The lowest BCUT2D eigenvalue weighted by Gasteiger charge is -2.22. The van der Waals surface area contributed by atoms with Gasteiger partial charge in [0.05, 0.1) is 38.4 Å². The molecule has 0 heterocycles. The number of hydrogen-bond donors (Lipinski definition) is 4. The molecule has 664 valence electrons. The monoisotopic (exact) mass is 1620 g/mol. The Morgan fingerprint density at radius 2 is 0.782 bits per heavy atom. The van der Waals surface area contributed by atoms with Gasteiger partial charge in [-0.05, 0) is 73.1 Å². The second kappa shape index (κ2) is 123. The highest BCUT2D eigenvalue weighted by Crippen LogP contribution is 2.34. The molecule has 4 atom stereocenters. The average Bonchev–Trinajstić information content (AvgIpc) is 0.912. The minimum Gasteiger partial charge on any atom is -0.481 e. The van der Waals surface area contributed by atoms with Crippen molar-refractivity contribution in [2.45, 2.75) is 361 Å². The molecule has 0 aliphatic carbocycles. The summed E-state index contributed by atoms with van der Waals surface area (Å²) in [5.74, 6) is -3.13. The van der Waals surface area contributed by atoms with Crippen LogP contribution >= 0.6 is 17.2 Å². The van der Waals surface area contributed by atoms with Crippen molar-refractivity contribution in [2.75, 3.05) is 87.7 Å². The largest absolute Gasteiger partial charge is 0.481 e. The van der Waals surface area contributed by atoms with Crippen LogP contribution in [0.3, 0.4) is 0 Å². The molecule has 24 heteroatoms. The number of carboxylic acids is 1. The van der Waals surface area contributed by atoms with E-state index >= 15 is 0 Å². The van der Waals surface area contributed by atoms with Crippen LogP contribution in [0.25, 0.3) is 0 Å². The zero-order chi connectivity index (χ0) is 85.1. The van der Waals surface area contributed by atoms with Gasteiger partial charge in [0.2, 0.25) is 0 Å². The Hall–Kier alpha value is -3.86. The molecule has 0 aromatic rings. The summed E-state index contributed by atoms with van der Waals surface area (Å²) in [7, 11) is 2.79. The zero-order valence-corrected chi connectivity index (χ0v) is 74.2. The lowest BCUT2D eigenvalue weighted by Crippen LogP contribution is -2.32. The molecule has 0 saturated carbocycles. The Morgan fingerprint density at radius 3 is 1.12 bits per heavy atom. The van der Waals surface area contributed by atoms with Gasteiger partial charge in [-0.1, -0.05) is 277 Å². The van der Waals surface area contributed by atoms with Gasteiger partial charge in [-0.2, -0.15) is 4.67 Å². The second-order valence-electron chi connectivity index (χ2n) is 24.8. The predicted octanol–water partition coefficient (Wildman–Crippen LogP) is 23.9. The summed E-state index contributed by atoms with van der Waals surface area (Å²) in [5, 5.41) is 17.0. The van der Waals surface area contributed by atoms with Crippen LogP contribution in [-0.2, 0) is 75.6 Å². The van der Waals surface area contributed by atoms with Gasteiger partial charge in [-0.3, -0.25) is 33.7 Å². The van der Waals surface area contributed by atoms with E-state index in [4.69, 9.17) is 52.4 Å². The van der Waals surface area contributed by atoms with E-state index in [9.17, 15) is 34.0 Å². The molecule has 0 rings (SSSR count). The van der Waals surface area contributed by atoms with Crippen molar-refractivity contribution in [3.05, 3.63) is 65.8 Å². The maximum absolute atomic E-state index is 12.8. The number of aliphatic hydroxyl groups is 1. The first kappa shape index (κ1) is 135. The first-order valence-electron chi connectivity index (χ1n) is 40.8. The van der Waals surface area contributed by atoms with Gasteiger partial charge < -0.3 is 62.2 Å². The van der Waals surface area contributed by atoms with Crippen molar-refractivity contribution in [2.24, 2.45) is 11.8 Å². The molecule has 4 N–H and O–H groups in total. The van der Waals surface area contributed by atoms with Gasteiger partial charge in [-0.25, -0.2) is 4.89 Å². The van der Waals surface area contributed by atoms with Crippen LogP contribution in [0.4, 0.5) is 0 Å². The number of carbonyl (C=O) groups is 6. The standard InChI is InChI=1S/C33H66NO8P.C22H45O6P.C13H25NO4.C2H4O2.2C2H6.5C2H4.2CH4/c1-6-9-10-11-12-13-14-15-16-17-18-19-20-21-22-25-32(35)38-28-31(41-33(36)30(23-7-2)24-8-3)29-40-43(37)42-39-27-26-34(4)5;1-3-4-5-6-7-8-9-10-11-12-13-14-15-16-17-18-22(24)27-19-21(23)20-28-29(25)26-2;1-5-17-10-14(4)9-7-6-8-12(15)18-13(16)11(2)3;1-2(3)4;7*1-2;;/h30-31,37H,6-29H2,1-5H3;21,23,25H,3-20H2,1-2H3;11H,5-10H2,1-4H3;1H3,(H,3,4);2*1-2H3;5*1-2H2;2*1H4. The molecule has 0 aromatic heterocycles. The van der Waals surface area contributed by atoms with Gasteiger partial charge in [0.15, 0.2) is 6.10 Å². The molecule has 0 bridgehead atoms. The molecule has 110 heavy (non-hydrogen) atoms. The molecule has 22 nitrogen and oxygen atoms in total. The summed E-state index contributed by atoms with van der Waals surface area (Å²) in [6, 6.07) is 0. The summed E-state index contributed by atoms with van der Waals surface area (Å²) in [6.07, 6.45) is 42.5. The van der Waals surface area contributed by atoms with Crippen molar-refractivity contribution < 1.29 is 95.6 Å². The number of aliphatic carboxylic acids is 1. The van der Waals surface area contributed by atoms with E-state index < -0.39 is 47.3 Å². The number of likely N-dealkylation sites (N-methyl/N-ethyl adjacent to an activating group) is 1. The van der Waals surface area contributed by atoms with Crippen molar-refractivity contribution in [3.63, 3.8) is 0 Å². The highest BCUT2D eigenvalue weighted by molar-refractivity contribution is 7.40. The van der Waals surface area contributed by atoms with Crippen LogP contribution in [0.5, 0.6) is 0 Å². The molecule has 0 radical (unpaired) electrons. The number of aliphatic hydroxyl groups excluding tert-OH is 1. The van der Waals surface area contributed by atoms with Crippen molar-refractivity contribution >= 4 is 53.0 Å². The minimum atomic E-state index is -2.32. The van der Waals surface area contributed by atoms with E-state index in [0.717, 1.165) is 90.5 Å². The Balaban J connectivity index is -0.000000110. The van der Waals surface area contributed by atoms with Crippen molar-refractivity contribution in [1.29, 1.82) is 0 Å². The fourth-order valence-corrected chi connectivity index (χ4v) is 10.1. The third kappa shape index (κ3) is 130. The van der Waals surface area contributed by atoms with Gasteiger partial charge in [0.25, 0.3) is 5.97 Å². The normalized spacial score (nSPS) is 10.9. The SMILES string of the molecule is C.C.C=C.C=C.C=C.C=C.C=C.CC.CC.CC(=O)O.CCCCCCCCCCCCCCCCCC(=O)OCC(COP(O)OOCCN(C)C)OC(=O)C(CCC)CCC.CCCCCCCCCCCCCCCCCC(=O)OCC(O)COP(O)OC.CCOCN(C)CCCCC(=O)OC(=O)C(C)C. The molecule has 0 aliphatic rings. The summed E-state index contributed by atoms with van der Waals surface area (Å²) in [6.45, 7) is 55.6. The minimum absolute atomic E-state index is 0. The number of hydrogen-bond acceptors (Lipinski definition) is 21. The number of esters is 5. The molecule has 4 unspecified atom stereocenters. The van der Waals surface area contributed by atoms with Crippen LogP contribution in [0.15, 0.2) is 65.8 Å². The number of carboxylic acid groups (broad SMARTS) is 1. The lowest BCUT2D eigenvalue weighted by molar-refractivity contribution is -0.217.